The molecule has 15 heavy (non-hydrogen) atoms. The van der Waals surface area contributed by atoms with Crippen LogP contribution in [0.5, 0.6) is 0 Å². The average molecular weight is 224 g/mol. The molecule has 0 saturated heterocycles. The average Bonchev–Trinajstić information content (AvgIpc) is 2.74. The van der Waals surface area contributed by atoms with Crippen LogP contribution in [0.15, 0.2) is 30.5 Å². The van der Waals surface area contributed by atoms with E-state index in [1.165, 1.54) is 0 Å². The van der Waals surface area contributed by atoms with Gasteiger partial charge in [0.1, 0.15) is 6.10 Å². The molecule has 5 heteroatoms. The highest BCUT2D eigenvalue weighted by Crippen LogP contribution is 2.27. The number of aliphatic hydroxyl groups is 1. The summed E-state index contributed by atoms with van der Waals surface area (Å²) in [7, 11) is 0. The van der Waals surface area contributed by atoms with Crippen molar-refractivity contribution in [3.05, 3.63) is 46.7 Å². The predicted molar refractivity (Wildman–Crippen MR) is 58.5 cm³/mol. The molecular formula is C10H10ClN3O. The third-order valence-corrected chi connectivity index (χ3v) is 2.40. The number of aromatic amines is 1. The molecule has 0 fully saturated rings. The van der Waals surface area contributed by atoms with Crippen molar-refractivity contribution in [3.63, 3.8) is 0 Å². The summed E-state index contributed by atoms with van der Waals surface area (Å²) in [5.41, 5.74) is 7.41. The van der Waals surface area contributed by atoms with Gasteiger partial charge in [0.25, 0.3) is 0 Å². The monoisotopic (exact) mass is 223 g/mol. The van der Waals surface area contributed by atoms with E-state index in [1.54, 1.807) is 30.5 Å². The van der Waals surface area contributed by atoms with Crippen molar-refractivity contribution in [3.8, 4) is 0 Å². The molecule has 0 bridgehead atoms. The number of nitrogens with zero attached hydrogens (tertiary/aromatic N) is 1. The van der Waals surface area contributed by atoms with E-state index in [2.05, 4.69) is 10.2 Å². The highest BCUT2D eigenvalue weighted by molar-refractivity contribution is 6.30. The number of nitrogens with one attached hydrogen (secondary N) is 1. The molecule has 1 unspecified atom stereocenters. The molecule has 1 aromatic heterocycles. The van der Waals surface area contributed by atoms with Crippen LogP contribution in [0.25, 0.3) is 0 Å². The molecule has 78 valence electrons. The first-order valence-electron chi connectivity index (χ1n) is 4.41. The predicted octanol–water partition coefficient (Wildman–Crippen LogP) is 1.73. The number of anilines is 1. The van der Waals surface area contributed by atoms with Gasteiger partial charge in [-0.2, -0.15) is 5.10 Å². The number of hydrogen-bond acceptors (Lipinski definition) is 3. The first-order valence-corrected chi connectivity index (χ1v) is 4.78. The van der Waals surface area contributed by atoms with Gasteiger partial charge in [-0.1, -0.05) is 11.6 Å². The van der Waals surface area contributed by atoms with Crippen LogP contribution < -0.4 is 5.73 Å². The van der Waals surface area contributed by atoms with Gasteiger partial charge in [-0.3, -0.25) is 5.10 Å². The minimum Gasteiger partial charge on any atom is -0.398 e. The molecule has 1 aromatic carbocycles. The fourth-order valence-corrected chi connectivity index (χ4v) is 1.55. The highest BCUT2D eigenvalue weighted by atomic mass is 35.5. The zero-order valence-electron chi connectivity index (χ0n) is 7.81. The van der Waals surface area contributed by atoms with Crippen molar-refractivity contribution in [1.29, 1.82) is 0 Å². The largest absolute Gasteiger partial charge is 0.398 e. The lowest BCUT2D eigenvalue weighted by atomic mass is 10.1. The van der Waals surface area contributed by atoms with Crippen LogP contribution in [0, 0.1) is 0 Å². The number of aromatic nitrogens is 2. The first kappa shape index (κ1) is 10.0. The van der Waals surface area contributed by atoms with Gasteiger partial charge < -0.3 is 10.8 Å². The summed E-state index contributed by atoms with van der Waals surface area (Å²) in [6.45, 7) is 0. The maximum atomic E-state index is 9.98. The van der Waals surface area contributed by atoms with E-state index >= 15 is 0 Å². The lowest BCUT2D eigenvalue weighted by Gasteiger charge is -2.11. The molecule has 4 nitrogen and oxygen atoms in total. The van der Waals surface area contributed by atoms with Crippen LogP contribution in [-0.2, 0) is 0 Å². The SMILES string of the molecule is Nc1ccc(Cl)cc1C(O)c1ccn[nH]1. The Hall–Kier alpha value is -1.52. The Bertz CT molecular complexity index is 456. The fourth-order valence-electron chi connectivity index (χ4n) is 1.37. The van der Waals surface area contributed by atoms with Crippen LogP contribution in [0.4, 0.5) is 5.69 Å². The van der Waals surface area contributed by atoms with Gasteiger partial charge in [-0.15, -0.1) is 0 Å². The number of H-pyrrole nitrogens is 1. The normalized spacial score (nSPS) is 12.7. The van der Waals surface area contributed by atoms with Crippen molar-refractivity contribution in [2.24, 2.45) is 0 Å². The summed E-state index contributed by atoms with van der Waals surface area (Å²) in [6.07, 6.45) is 0.741. The molecule has 2 aromatic rings. The molecule has 0 saturated carbocycles. The van der Waals surface area contributed by atoms with Gasteiger partial charge >= 0.3 is 0 Å². The molecule has 1 heterocycles. The number of benzene rings is 1. The number of halogens is 1. The Balaban J connectivity index is 2.41. The summed E-state index contributed by atoms with van der Waals surface area (Å²) in [5.74, 6) is 0. The van der Waals surface area contributed by atoms with Gasteiger partial charge in [0.05, 0.1) is 5.69 Å². The Morgan fingerprint density at radius 2 is 2.20 bits per heavy atom. The van der Waals surface area contributed by atoms with E-state index in [0.717, 1.165) is 0 Å². The lowest BCUT2D eigenvalue weighted by molar-refractivity contribution is 0.216. The highest BCUT2D eigenvalue weighted by Gasteiger charge is 2.14. The molecule has 0 aliphatic heterocycles. The van der Waals surface area contributed by atoms with E-state index < -0.39 is 6.10 Å². The van der Waals surface area contributed by atoms with Gasteiger partial charge in [-0.05, 0) is 24.3 Å². The Morgan fingerprint density at radius 3 is 2.87 bits per heavy atom. The maximum absolute atomic E-state index is 9.98. The number of rotatable bonds is 2. The summed E-state index contributed by atoms with van der Waals surface area (Å²) in [4.78, 5) is 0. The van der Waals surface area contributed by atoms with E-state index in [9.17, 15) is 5.11 Å². The molecule has 0 radical (unpaired) electrons. The lowest BCUT2D eigenvalue weighted by Crippen LogP contribution is -2.04. The summed E-state index contributed by atoms with van der Waals surface area (Å²) in [5, 5.41) is 17.0. The second kappa shape index (κ2) is 3.92. The molecule has 0 aliphatic rings. The Kier molecular flexibility index (Phi) is 2.62. The van der Waals surface area contributed by atoms with Gasteiger partial charge in [-0.25, -0.2) is 0 Å². The van der Waals surface area contributed by atoms with Gasteiger partial charge in [0.2, 0.25) is 0 Å². The van der Waals surface area contributed by atoms with Crippen LogP contribution >= 0.6 is 11.6 Å². The Morgan fingerprint density at radius 1 is 1.40 bits per heavy atom. The maximum Gasteiger partial charge on any atom is 0.122 e. The summed E-state index contributed by atoms with van der Waals surface area (Å²) in [6, 6.07) is 6.67. The molecule has 2 rings (SSSR count). The smallest absolute Gasteiger partial charge is 0.122 e. The topological polar surface area (TPSA) is 74.9 Å². The minimum atomic E-state index is -0.828. The van der Waals surface area contributed by atoms with Gasteiger partial charge in [0.15, 0.2) is 0 Å². The number of nitrogen functional groups attached to an aromatic ring is 1. The van der Waals surface area contributed by atoms with E-state index in [4.69, 9.17) is 17.3 Å². The zero-order chi connectivity index (χ0) is 10.8. The number of hydrogen-bond donors (Lipinski definition) is 3. The molecule has 0 aliphatic carbocycles. The summed E-state index contributed by atoms with van der Waals surface area (Å²) < 4.78 is 0. The molecule has 0 spiro atoms. The number of aliphatic hydroxyl groups excluding tert-OH is 1. The standard InChI is InChI=1S/C10H10ClN3O/c11-6-1-2-8(12)7(5-6)10(15)9-3-4-13-14-9/h1-5,10,15H,12H2,(H,13,14). The first-order chi connectivity index (χ1) is 7.18. The van der Waals surface area contributed by atoms with Crippen molar-refractivity contribution in [1.82, 2.24) is 10.2 Å². The van der Waals surface area contributed by atoms with E-state index in [0.29, 0.717) is 22.0 Å². The molecule has 0 amide bonds. The Labute approximate surface area is 91.7 Å². The van der Waals surface area contributed by atoms with Crippen LogP contribution in [-0.4, -0.2) is 15.3 Å². The molecule has 4 N–H and O–H groups in total. The van der Waals surface area contributed by atoms with E-state index in [-0.39, 0.29) is 0 Å². The van der Waals surface area contributed by atoms with Crippen molar-refractivity contribution in [2.75, 3.05) is 5.73 Å². The summed E-state index contributed by atoms with van der Waals surface area (Å²) >= 11 is 5.83. The van der Waals surface area contributed by atoms with E-state index in [1.807, 2.05) is 0 Å². The van der Waals surface area contributed by atoms with Crippen molar-refractivity contribution in [2.45, 2.75) is 6.10 Å². The fraction of sp³-hybridized carbons (Fsp3) is 0.100. The molecule has 1 atom stereocenters. The van der Waals surface area contributed by atoms with Crippen LogP contribution in [0.1, 0.15) is 17.4 Å². The minimum absolute atomic E-state index is 0.501. The third-order valence-electron chi connectivity index (χ3n) is 2.16. The second-order valence-electron chi connectivity index (χ2n) is 3.19. The molecular weight excluding hydrogens is 214 g/mol. The number of nitrogens with two attached hydrogens (primary N) is 1. The van der Waals surface area contributed by atoms with Gasteiger partial charge in [0, 0.05) is 22.5 Å². The van der Waals surface area contributed by atoms with Crippen LogP contribution in [0.2, 0.25) is 5.02 Å². The van der Waals surface area contributed by atoms with Crippen molar-refractivity contribution < 1.29 is 5.11 Å². The quantitative estimate of drug-likeness (QED) is 0.679. The van der Waals surface area contributed by atoms with Crippen molar-refractivity contribution >= 4 is 17.3 Å². The van der Waals surface area contributed by atoms with Crippen LogP contribution in [0.3, 0.4) is 0 Å². The second-order valence-corrected chi connectivity index (χ2v) is 3.62. The zero-order valence-corrected chi connectivity index (χ0v) is 8.57. The third kappa shape index (κ3) is 1.95.